The van der Waals surface area contributed by atoms with Crippen LogP contribution in [-0.2, 0) is 4.79 Å². The molecule has 1 fully saturated rings. The van der Waals surface area contributed by atoms with Gasteiger partial charge in [-0.3, -0.25) is 14.5 Å². The van der Waals surface area contributed by atoms with Crippen molar-refractivity contribution >= 4 is 34.6 Å². The molecule has 1 aliphatic rings. The summed E-state index contributed by atoms with van der Waals surface area (Å²) in [7, 11) is 0. The molecule has 0 unspecified atom stereocenters. The minimum Gasteiger partial charge on any atom is -0.478 e. The van der Waals surface area contributed by atoms with Crippen LogP contribution < -0.4 is 5.32 Å². The average molecular weight is 280 g/mol. The molecule has 0 bridgehead atoms. The number of carboxylic acid groups (broad SMARTS) is 1. The third-order valence-electron chi connectivity index (χ3n) is 2.69. The van der Waals surface area contributed by atoms with Crippen LogP contribution in [0.1, 0.15) is 17.3 Å². The molecule has 2 N–H and O–H groups in total. The zero-order valence-electron chi connectivity index (χ0n) is 10.1. The van der Waals surface area contributed by atoms with Crippen molar-refractivity contribution in [1.82, 2.24) is 4.90 Å². The van der Waals surface area contributed by atoms with E-state index in [1.54, 1.807) is 25.1 Å². The van der Waals surface area contributed by atoms with Crippen molar-refractivity contribution in [3.63, 3.8) is 0 Å². The zero-order valence-corrected chi connectivity index (χ0v) is 10.9. The largest absolute Gasteiger partial charge is 0.478 e. The molecule has 100 valence electrons. The molecule has 19 heavy (non-hydrogen) atoms. The molecule has 6 nitrogen and oxygen atoms in total. The third kappa shape index (κ3) is 2.55. The number of aromatic carboxylic acids is 1. The van der Waals surface area contributed by atoms with Gasteiger partial charge in [-0.05, 0) is 30.8 Å². The van der Waals surface area contributed by atoms with E-state index in [2.05, 4.69) is 5.32 Å². The monoisotopic (exact) mass is 280 g/mol. The summed E-state index contributed by atoms with van der Waals surface area (Å²) in [6.07, 6.45) is 0. The summed E-state index contributed by atoms with van der Waals surface area (Å²) in [5.41, 5.74) is 0.393. The lowest BCUT2D eigenvalue weighted by Crippen LogP contribution is -2.34. The number of nitrogens with one attached hydrogen (secondary N) is 1. The lowest BCUT2D eigenvalue weighted by Gasteiger charge is -2.14. The maximum Gasteiger partial charge on any atom is 0.337 e. The maximum atomic E-state index is 11.9. The summed E-state index contributed by atoms with van der Waals surface area (Å²) in [5, 5.41) is 10.8. The second-order valence-corrected chi connectivity index (χ2v) is 4.90. The van der Waals surface area contributed by atoms with Crippen molar-refractivity contribution in [2.75, 3.05) is 11.9 Å². The maximum absolute atomic E-state index is 11.9. The first-order chi connectivity index (χ1) is 9.04. The molecule has 1 aliphatic heterocycles. The van der Waals surface area contributed by atoms with E-state index in [9.17, 15) is 14.4 Å². The highest BCUT2D eigenvalue weighted by Crippen LogP contribution is 2.29. The molecule has 1 aromatic carbocycles. The summed E-state index contributed by atoms with van der Waals surface area (Å²) in [6.45, 7) is 2.02. The fraction of sp³-hybridized carbons (Fsp3) is 0.250. The van der Waals surface area contributed by atoms with Gasteiger partial charge in [-0.25, -0.2) is 4.79 Å². The van der Waals surface area contributed by atoms with E-state index >= 15 is 0 Å². The summed E-state index contributed by atoms with van der Waals surface area (Å²) >= 11 is 0.855. The molecule has 1 heterocycles. The molecule has 1 saturated heterocycles. The molecule has 0 saturated carbocycles. The van der Waals surface area contributed by atoms with Crippen LogP contribution in [0.5, 0.6) is 0 Å². The topological polar surface area (TPSA) is 86.7 Å². The lowest BCUT2D eigenvalue weighted by atomic mass is 10.2. The first-order valence-electron chi connectivity index (χ1n) is 5.65. The van der Waals surface area contributed by atoms with Crippen molar-refractivity contribution in [2.45, 2.75) is 12.3 Å². The Morgan fingerprint density at radius 1 is 1.42 bits per heavy atom. The van der Waals surface area contributed by atoms with Gasteiger partial charge in [-0.15, -0.1) is 0 Å². The van der Waals surface area contributed by atoms with Crippen LogP contribution >= 0.6 is 11.8 Å². The number of imide groups is 1. The molecular weight excluding hydrogens is 268 g/mol. The van der Waals surface area contributed by atoms with Crippen LogP contribution in [0.15, 0.2) is 24.3 Å². The summed E-state index contributed by atoms with van der Waals surface area (Å²) in [6, 6.07) is 6.27. The fourth-order valence-corrected chi connectivity index (χ4v) is 2.72. The van der Waals surface area contributed by atoms with Crippen LogP contribution in [0.4, 0.5) is 10.5 Å². The van der Waals surface area contributed by atoms with Crippen molar-refractivity contribution in [2.24, 2.45) is 0 Å². The van der Waals surface area contributed by atoms with Crippen molar-refractivity contribution in [3.8, 4) is 0 Å². The Balaban J connectivity index is 2.21. The smallest absolute Gasteiger partial charge is 0.337 e. The molecular formula is C12H12N2O4S. The molecule has 0 aliphatic carbocycles. The van der Waals surface area contributed by atoms with E-state index in [0.717, 1.165) is 16.7 Å². The zero-order chi connectivity index (χ0) is 14.0. The number of para-hydroxylation sites is 1. The van der Waals surface area contributed by atoms with Gasteiger partial charge in [0.15, 0.2) is 5.37 Å². The SMILES string of the molecule is CCN1C(=O)S[C@@H](Nc2ccccc2C(=O)O)C1=O. The van der Waals surface area contributed by atoms with E-state index in [1.807, 2.05) is 0 Å². The number of carboxylic acids is 1. The minimum absolute atomic E-state index is 0.0679. The number of carbonyl (C=O) groups is 3. The molecule has 1 aromatic rings. The predicted octanol–water partition coefficient (Wildman–Crippen LogP) is 1.84. The minimum atomic E-state index is -1.09. The second kappa shape index (κ2) is 5.31. The average Bonchev–Trinajstić information content (AvgIpc) is 2.64. The molecule has 0 spiro atoms. The van der Waals surface area contributed by atoms with Gasteiger partial charge in [0.25, 0.3) is 11.1 Å². The van der Waals surface area contributed by atoms with E-state index in [4.69, 9.17) is 5.11 Å². The number of rotatable bonds is 4. The normalized spacial score (nSPS) is 18.8. The van der Waals surface area contributed by atoms with Gasteiger partial charge in [0.1, 0.15) is 0 Å². The molecule has 0 aromatic heterocycles. The Morgan fingerprint density at radius 2 is 2.11 bits per heavy atom. The number of hydrogen-bond donors (Lipinski definition) is 2. The van der Waals surface area contributed by atoms with Crippen LogP contribution in [-0.4, -0.2) is 39.0 Å². The molecule has 2 amide bonds. The van der Waals surface area contributed by atoms with Crippen molar-refractivity contribution in [3.05, 3.63) is 29.8 Å². The van der Waals surface area contributed by atoms with E-state index < -0.39 is 11.3 Å². The standard InChI is InChI=1S/C12H12N2O4S/c1-2-14-10(15)9(19-12(14)18)13-8-6-4-3-5-7(8)11(16)17/h3-6,9,13H,2H2,1H3,(H,16,17)/t9-/m1/s1. The Morgan fingerprint density at radius 3 is 2.68 bits per heavy atom. The first-order valence-corrected chi connectivity index (χ1v) is 6.53. The highest BCUT2D eigenvalue weighted by Gasteiger charge is 2.39. The van der Waals surface area contributed by atoms with E-state index in [-0.39, 0.29) is 16.7 Å². The Kier molecular flexibility index (Phi) is 3.75. The third-order valence-corrected chi connectivity index (χ3v) is 3.67. The number of hydrogen-bond acceptors (Lipinski definition) is 5. The first kappa shape index (κ1) is 13.4. The Hall–Kier alpha value is -2.02. The molecule has 2 rings (SSSR count). The highest BCUT2D eigenvalue weighted by molar-refractivity contribution is 8.15. The fourth-order valence-electron chi connectivity index (χ4n) is 1.76. The van der Waals surface area contributed by atoms with Gasteiger partial charge in [-0.2, -0.15) is 0 Å². The summed E-state index contributed by atoms with van der Waals surface area (Å²) in [5.74, 6) is -1.44. The van der Waals surface area contributed by atoms with Crippen LogP contribution in [0.3, 0.4) is 0 Å². The summed E-state index contributed by atoms with van der Waals surface area (Å²) in [4.78, 5) is 35.6. The number of amides is 2. The van der Waals surface area contributed by atoms with Gasteiger partial charge < -0.3 is 10.4 Å². The Labute approximate surface area is 113 Å². The number of benzene rings is 1. The number of nitrogens with zero attached hydrogens (tertiary/aromatic N) is 1. The van der Waals surface area contributed by atoms with Gasteiger partial charge in [-0.1, -0.05) is 12.1 Å². The van der Waals surface area contributed by atoms with Gasteiger partial charge in [0.05, 0.1) is 5.56 Å². The van der Waals surface area contributed by atoms with Crippen LogP contribution in [0.2, 0.25) is 0 Å². The van der Waals surface area contributed by atoms with E-state index in [1.165, 1.54) is 6.07 Å². The quantitative estimate of drug-likeness (QED) is 0.875. The summed E-state index contributed by atoms with van der Waals surface area (Å²) < 4.78 is 0. The van der Waals surface area contributed by atoms with Crippen molar-refractivity contribution < 1.29 is 19.5 Å². The number of anilines is 1. The van der Waals surface area contributed by atoms with Crippen molar-refractivity contribution in [1.29, 1.82) is 0 Å². The predicted molar refractivity (Wildman–Crippen MR) is 71.2 cm³/mol. The molecule has 7 heteroatoms. The number of carbonyl (C=O) groups excluding carboxylic acids is 2. The second-order valence-electron chi connectivity index (χ2n) is 3.84. The number of likely N-dealkylation sites (N-methyl/N-ethyl adjacent to an activating group) is 1. The van der Waals surface area contributed by atoms with Gasteiger partial charge >= 0.3 is 5.97 Å². The highest BCUT2D eigenvalue weighted by atomic mass is 32.2. The van der Waals surface area contributed by atoms with Gasteiger partial charge in [0, 0.05) is 12.2 Å². The number of thioether (sulfide) groups is 1. The molecule has 0 radical (unpaired) electrons. The Bertz CT molecular complexity index is 546. The lowest BCUT2D eigenvalue weighted by molar-refractivity contribution is -0.126. The van der Waals surface area contributed by atoms with E-state index in [0.29, 0.717) is 12.2 Å². The van der Waals surface area contributed by atoms with Crippen LogP contribution in [0, 0.1) is 0 Å². The van der Waals surface area contributed by atoms with Crippen LogP contribution in [0.25, 0.3) is 0 Å². The molecule has 1 atom stereocenters. The van der Waals surface area contributed by atoms with Gasteiger partial charge in [0.2, 0.25) is 0 Å².